The molecule has 0 aliphatic carbocycles. The molecule has 0 unspecified atom stereocenters. The molecule has 0 radical (unpaired) electrons. The minimum atomic E-state index is -0.160. The minimum absolute atomic E-state index is 0.160. The molecule has 16 heavy (non-hydrogen) atoms. The van der Waals surface area contributed by atoms with E-state index in [-0.39, 0.29) is 6.03 Å². The van der Waals surface area contributed by atoms with Crippen molar-refractivity contribution in [3.63, 3.8) is 0 Å². The van der Waals surface area contributed by atoms with Gasteiger partial charge in [-0.25, -0.2) is 4.79 Å². The summed E-state index contributed by atoms with van der Waals surface area (Å²) in [6.07, 6.45) is 4.72. The van der Waals surface area contributed by atoms with Crippen LogP contribution in [0.5, 0.6) is 0 Å². The third kappa shape index (κ3) is 5.02. The van der Waals surface area contributed by atoms with Gasteiger partial charge in [-0.15, -0.1) is 0 Å². The number of aryl methyl sites for hydroxylation is 1. The number of nitrogens with zero attached hydrogens (tertiary/aromatic N) is 1. The number of carbonyl (C=O) groups is 1. The van der Waals surface area contributed by atoms with Gasteiger partial charge in [-0.2, -0.15) is 11.8 Å². The second-order valence-corrected chi connectivity index (χ2v) is 4.40. The number of rotatable bonds is 5. The van der Waals surface area contributed by atoms with Crippen LogP contribution in [0.3, 0.4) is 0 Å². The van der Waals surface area contributed by atoms with Gasteiger partial charge >= 0.3 is 6.03 Å². The molecule has 1 rings (SSSR count). The first-order chi connectivity index (χ1) is 7.72. The molecule has 0 fully saturated rings. The lowest BCUT2D eigenvalue weighted by atomic mass is 10.3. The highest BCUT2D eigenvalue weighted by Gasteiger charge is 2.00. The molecule has 0 aliphatic rings. The van der Waals surface area contributed by atoms with E-state index in [9.17, 15) is 4.79 Å². The highest BCUT2D eigenvalue weighted by molar-refractivity contribution is 7.98. The van der Waals surface area contributed by atoms with E-state index < -0.39 is 0 Å². The molecule has 0 spiro atoms. The van der Waals surface area contributed by atoms with E-state index in [2.05, 4.69) is 21.9 Å². The summed E-state index contributed by atoms with van der Waals surface area (Å²) in [6, 6.07) is 3.45. The Hall–Kier alpha value is -1.23. The number of aromatic nitrogens is 1. The van der Waals surface area contributed by atoms with Crippen molar-refractivity contribution in [3.05, 3.63) is 24.0 Å². The van der Waals surface area contributed by atoms with Gasteiger partial charge in [0.15, 0.2) is 0 Å². The summed E-state index contributed by atoms with van der Waals surface area (Å²) >= 11 is 1.78. The summed E-state index contributed by atoms with van der Waals surface area (Å²) in [6.45, 7) is 2.60. The molecule has 5 heteroatoms. The fourth-order valence-corrected chi connectivity index (χ4v) is 1.65. The summed E-state index contributed by atoms with van der Waals surface area (Å²) in [5.41, 5.74) is 1.66. The molecule has 4 nitrogen and oxygen atoms in total. The van der Waals surface area contributed by atoms with Crippen LogP contribution in [0, 0.1) is 6.92 Å². The molecule has 0 saturated heterocycles. The number of hydrogen-bond donors (Lipinski definition) is 2. The van der Waals surface area contributed by atoms with Crippen LogP contribution in [0.2, 0.25) is 0 Å². The van der Waals surface area contributed by atoms with Crippen LogP contribution in [0.25, 0.3) is 0 Å². The number of hydrogen-bond acceptors (Lipinski definition) is 3. The van der Waals surface area contributed by atoms with E-state index >= 15 is 0 Å². The van der Waals surface area contributed by atoms with Gasteiger partial charge < -0.3 is 10.6 Å². The van der Waals surface area contributed by atoms with Crippen molar-refractivity contribution >= 4 is 23.5 Å². The third-order valence-electron chi connectivity index (χ3n) is 1.97. The summed E-state index contributed by atoms with van der Waals surface area (Å²) in [4.78, 5) is 15.5. The summed E-state index contributed by atoms with van der Waals surface area (Å²) in [7, 11) is 0. The van der Waals surface area contributed by atoms with E-state index in [0.717, 1.165) is 23.6 Å². The predicted molar refractivity (Wildman–Crippen MR) is 69.0 cm³/mol. The van der Waals surface area contributed by atoms with E-state index in [1.807, 2.05) is 13.0 Å². The minimum Gasteiger partial charge on any atom is -0.338 e. The van der Waals surface area contributed by atoms with Crippen molar-refractivity contribution in [2.75, 3.05) is 23.9 Å². The van der Waals surface area contributed by atoms with Crippen molar-refractivity contribution in [1.82, 2.24) is 10.3 Å². The Kier molecular flexibility index (Phi) is 5.71. The van der Waals surface area contributed by atoms with Crippen LogP contribution in [-0.4, -0.2) is 29.6 Å². The number of urea groups is 1. The summed E-state index contributed by atoms with van der Waals surface area (Å²) < 4.78 is 0. The summed E-state index contributed by atoms with van der Waals surface area (Å²) in [5, 5.41) is 5.56. The standard InChI is InChI=1S/C11H17N3OS/c1-9-8-10(4-6-12-9)14-11(15)13-5-3-7-16-2/h4,6,8H,3,5,7H2,1-2H3,(H2,12,13,14,15). The SMILES string of the molecule is CSCCCNC(=O)Nc1ccnc(C)c1. The first-order valence-electron chi connectivity index (χ1n) is 5.19. The van der Waals surface area contributed by atoms with Crippen LogP contribution < -0.4 is 10.6 Å². The van der Waals surface area contributed by atoms with Gasteiger partial charge in [-0.05, 0) is 37.5 Å². The van der Waals surface area contributed by atoms with Crippen LogP contribution in [0.4, 0.5) is 10.5 Å². The van der Waals surface area contributed by atoms with Crippen molar-refractivity contribution in [2.24, 2.45) is 0 Å². The molecule has 1 aromatic heterocycles. The fraction of sp³-hybridized carbons (Fsp3) is 0.455. The Morgan fingerprint density at radius 2 is 2.38 bits per heavy atom. The molecule has 0 saturated carbocycles. The van der Waals surface area contributed by atoms with E-state index in [4.69, 9.17) is 0 Å². The number of thioether (sulfide) groups is 1. The Morgan fingerprint density at radius 1 is 1.56 bits per heavy atom. The Labute approximate surface area is 100 Å². The lowest BCUT2D eigenvalue weighted by Crippen LogP contribution is -2.29. The van der Waals surface area contributed by atoms with Gasteiger partial charge in [-0.3, -0.25) is 4.98 Å². The average Bonchev–Trinajstić information content (AvgIpc) is 2.24. The first kappa shape index (κ1) is 12.8. The van der Waals surface area contributed by atoms with E-state index in [1.54, 1.807) is 24.0 Å². The molecule has 0 aromatic carbocycles. The topological polar surface area (TPSA) is 54.0 Å². The zero-order valence-electron chi connectivity index (χ0n) is 9.62. The van der Waals surface area contributed by atoms with Gasteiger partial charge in [-0.1, -0.05) is 0 Å². The van der Waals surface area contributed by atoms with Crippen molar-refractivity contribution in [2.45, 2.75) is 13.3 Å². The second kappa shape index (κ2) is 7.11. The van der Waals surface area contributed by atoms with Crippen LogP contribution in [0.15, 0.2) is 18.3 Å². The highest BCUT2D eigenvalue weighted by atomic mass is 32.2. The van der Waals surface area contributed by atoms with E-state index in [1.165, 1.54) is 0 Å². The third-order valence-corrected chi connectivity index (χ3v) is 2.66. The Bertz CT molecular complexity index is 344. The predicted octanol–water partition coefficient (Wildman–Crippen LogP) is 2.26. The molecule has 1 aromatic rings. The molecule has 1 heterocycles. The molecule has 0 atom stereocenters. The van der Waals surface area contributed by atoms with Crippen molar-refractivity contribution < 1.29 is 4.79 Å². The number of anilines is 1. The zero-order chi connectivity index (χ0) is 11.8. The van der Waals surface area contributed by atoms with E-state index in [0.29, 0.717) is 6.54 Å². The smallest absolute Gasteiger partial charge is 0.319 e. The second-order valence-electron chi connectivity index (χ2n) is 3.41. The van der Waals surface area contributed by atoms with Gasteiger partial charge in [0.05, 0.1) is 0 Å². The zero-order valence-corrected chi connectivity index (χ0v) is 10.4. The monoisotopic (exact) mass is 239 g/mol. The first-order valence-corrected chi connectivity index (χ1v) is 6.58. The largest absolute Gasteiger partial charge is 0.338 e. The maximum absolute atomic E-state index is 11.4. The molecule has 0 aliphatic heterocycles. The van der Waals surface area contributed by atoms with Crippen molar-refractivity contribution in [3.8, 4) is 0 Å². The Balaban J connectivity index is 2.29. The average molecular weight is 239 g/mol. The number of amides is 2. The molecule has 2 amide bonds. The quantitative estimate of drug-likeness (QED) is 0.775. The molecule has 88 valence electrons. The van der Waals surface area contributed by atoms with Gasteiger partial charge in [0, 0.05) is 24.1 Å². The van der Waals surface area contributed by atoms with Crippen molar-refractivity contribution in [1.29, 1.82) is 0 Å². The highest BCUT2D eigenvalue weighted by Crippen LogP contribution is 2.06. The molecule has 2 N–H and O–H groups in total. The van der Waals surface area contributed by atoms with Gasteiger partial charge in [0.25, 0.3) is 0 Å². The van der Waals surface area contributed by atoms with Crippen LogP contribution in [0.1, 0.15) is 12.1 Å². The van der Waals surface area contributed by atoms with Gasteiger partial charge in [0.2, 0.25) is 0 Å². The molecular formula is C11H17N3OS. The number of carbonyl (C=O) groups excluding carboxylic acids is 1. The summed E-state index contributed by atoms with van der Waals surface area (Å²) in [5.74, 6) is 1.06. The normalized spacial score (nSPS) is 9.88. The maximum Gasteiger partial charge on any atom is 0.319 e. The Morgan fingerprint density at radius 3 is 3.06 bits per heavy atom. The number of nitrogens with one attached hydrogen (secondary N) is 2. The van der Waals surface area contributed by atoms with Crippen LogP contribution >= 0.6 is 11.8 Å². The number of pyridine rings is 1. The molecular weight excluding hydrogens is 222 g/mol. The maximum atomic E-state index is 11.4. The van der Waals surface area contributed by atoms with Gasteiger partial charge in [0.1, 0.15) is 0 Å². The molecule has 0 bridgehead atoms. The van der Waals surface area contributed by atoms with Crippen LogP contribution in [-0.2, 0) is 0 Å². The lowest BCUT2D eigenvalue weighted by Gasteiger charge is -2.07. The fourth-order valence-electron chi connectivity index (χ4n) is 1.22. The lowest BCUT2D eigenvalue weighted by molar-refractivity contribution is 0.252.